The highest BCUT2D eigenvalue weighted by molar-refractivity contribution is 8.00. The number of hydrogen-bond donors (Lipinski definition) is 1. The Kier molecular flexibility index (Phi) is 8.36. The topological polar surface area (TPSA) is 115 Å². The summed E-state index contributed by atoms with van der Waals surface area (Å²) in [5.41, 5.74) is 1.67. The fourth-order valence-electron chi connectivity index (χ4n) is 4.84. The molecule has 1 atom stereocenters. The Balaban J connectivity index is 1.36. The Hall–Kier alpha value is -4.68. The summed E-state index contributed by atoms with van der Waals surface area (Å²) in [6.45, 7) is 2.54. The molecular weight excluding hydrogens is 605 g/mol. The molecule has 0 bridgehead atoms. The fourth-order valence-corrected chi connectivity index (χ4v) is 6.67. The number of aromatic nitrogens is 2. The molecule has 6 rings (SSSR count). The standard InChI is InChI=1S/C32H26FN3O6S2/c1-3-15-41-22-13-9-19(10-14-22)26-25(27(37)24-16-20-5-4-6-23(40-2)29(20)42-24)28(38)30(39)36(26)31-34-35-32(44-31)43-17-18-7-11-21(33)12-8-18/h4-14,16,26,38H,3,15,17H2,1-2H3. The molecule has 3 heterocycles. The first-order valence-electron chi connectivity index (χ1n) is 13.7. The van der Waals surface area contributed by atoms with Crippen LogP contribution >= 0.6 is 23.1 Å². The second kappa shape index (κ2) is 12.5. The van der Waals surface area contributed by atoms with E-state index in [1.807, 2.05) is 6.92 Å². The van der Waals surface area contributed by atoms with Crippen LogP contribution in [0, 0.1) is 5.82 Å². The van der Waals surface area contributed by atoms with Crippen molar-refractivity contribution in [2.45, 2.75) is 29.5 Å². The third-order valence-corrected chi connectivity index (χ3v) is 9.08. The van der Waals surface area contributed by atoms with Crippen LogP contribution in [0.25, 0.3) is 11.0 Å². The number of aliphatic hydroxyl groups is 1. The van der Waals surface area contributed by atoms with E-state index in [1.165, 1.54) is 35.9 Å². The van der Waals surface area contributed by atoms with E-state index in [1.54, 1.807) is 60.7 Å². The van der Waals surface area contributed by atoms with E-state index in [0.717, 1.165) is 23.3 Å². The van der Waals surface area contributed by atoms with Gasteiger partial charge in [0.15, 0.2) is 27.2 Å². The van der Waals surface area contributed by atoms with Gasteiger partial charge in [-0.2, -0.15) is 0 Å². The lowest BCUT2D eigenvalue weighted by Gasteiger charge is -2.24. The third kappa shape index (κ3) is 5.65. The maximum Gasteiger partial charge on any atom is 0.296 e. The van der Waals surface area contributed by atoms with Gasteiger partial charge in [0.1, 0.15) is 11.6 Å². The van der Waals surface area contributed by atoms with Crippen LogP contribution in [0.4, 0.5) is 9.52 Å². The van der Waals surface area contributed by atoms with E-state index in [9.17, 15) is 19.1 Å². The molecule has 224 valence electrons. The number of amides is 1. The molecule has 12 heteroatoms. The van der Waals surface area contributed by atoms with Gasteiger partial charge in [0.2, 0.25) is 10.9 Å². The van der Waals surface area contributed by atoms with Crippen LogP contribution in [0.3, 0.4) is 0 Å². The van der Waals surface area contributed by atoms with Crippen molar-refractivity contribution in [1.82, 2.24) is 10.2 Å². The number of para-hydroxylation sites is 1. The van der Waals surface area contributed by atoms with Crippen molar-refractivity contribution in [3.05, 3.63) is 107 Å². The van der Waals surface area contributed by atoms with E-state index in [2.05, 4.69) is 10.2 Å². The van der Waals surface area contributed by atoms with Crippen LogP contribution in [-0.2, 0) is 10.5 Å². The van der Waals surface area contributed by atoms with Crippen molar-refractivity contribution in [3.63, 3.8) is 0 Å². The van der Waals surface area contributed by atoms with Gasteiger partial charge in [0.25, 0.3) is 5.91 Å². The molecule has 0 saturated heterocycles. The minimum atomic E-state index is -1.02. The summed E-state index contributed by atoms with van der Waals surface area (Å²) >= 11 is 2.52. The molecule has 0 fully saturated rings. The molecule has 1 amide bonds. The zero-order valence-electron chi connectivity index (χ0n) is 23.7. The Morgan fingerprint density at radius 3 is 2.61 bits per heavy atom. The molecule has 0 radical (unpaired) electrons. The molecule has 44 heavy (non-hydrogen) atoms. The summed E-state index contributed by atoms with van der Waals surface area (Å²) < 4.78 is 30.9. The average molecular weight is 632 g/mol. The first kappa shape index (κ1) is 29.4. The Morgan fingerprint density at radius 1 is 1.11 bits per heavy atom. The van der Waals surface area contributed by atoms with Crippen molar-refractivity contribution in [3.8, 4) is 11.5 Å². The summed E-state index contributed by atoms with van der Waals surface area (Å²) in [5.74, 6) is -0.924. The third-order valence-electron chi connectivity index (χ3n) is 6.95. The number of furan rings is 1. The summed E-state index contributed by atoms with van der Waals surface area (Å²) in [5, 5.41) is 20.5. The quantitative estimate of drug-likeness (QED) is 0.0911. The molecule has 0 saturated carbocycles. The number of carbonyl (C=O) groups excluding carboxylic acids is 2. The summed E-state index contributed by atoms with van der Waals surface area (Å²) in [6, 6.07) is 18.9. The number of halogens is 1. The molecular formula is C32H26FN3O6S2. The predicted molar refractivity (Wildman–Crippen MR) is 165 cm³/mol. The van der Waals surface area contributed by atoms with Gasteiger partial charge in [-0.1, -0.05) is 66.4 Å². The molecule has 0 aliphatic carbocycles. The van der Waals surface area contributed by atoms with Crippen LogP contribution in [0.5, 0.6) is 11.5 Å². The molecule has 1 unspecified atom stereocenters. The number of Topliss-reactive ketones (excluding diaryl/α,β-unsaturated/α-hetero) is 1. The summed E-state index contributed by atoms with van der Waals surface area (Å²) in [6.07, 6.45) is 0.836. The van der Waals surface area contributed by atoms with E-state index in [0.29, 0.717) is 44.7 Å². The molecule has 1 aliphatic heterocycles. The highest BCUT2D eigenvalue weighted by Gasteiger charge is 2.47. The van der Waals surface area contributed by atoms with Crippen molar-refractivity contribution < 1.29 is 33.0 Å². The molecule has 1 aliphatic rings. The average Bonchev–Trinajstić information content (AvgIpc) is 3.76. The van der Waals surface area contributed by atoms with E-state index < -0.39 is 23.5 Å². The number of hydrogen-bond acceptors (Lipinski definition) is 10. The maximum atomic E-state index is 14.0. The van der Waals surface area contributed by atoms with Crippen LogP contribution in [0.1, 0.15) is 41.1 Å². The van der Waals surface area contributed by atoms with Gasteiger partial charge in [-0.3, -0.25) is 14.5 Å². The van der Waals surface area contributed by atoms with E-state index in [4.69, 9.17) is 13.9 Å². The molecule has 0 spiro atoms. The number of fused-ring (bicyclic) bond motifs is 1. The number of aliphatic hydroxyl groups excluding tert-OH is 1. The van der Waals surface area contributed by atoms with Crippen molar-refractivity contribution >= 4 is 50.9 Å². The number of carbonyl (C=O) groups is 2. The highest BCUT2D eigenvalue weighted by Crippen LogP contribution is 2.45. The van der Waals surface area contributed by atoms with Crippen molar-refractivity contribution in [2.24, 2.45) is 0 Å². The van der Waals surface area contributed by atoms with Gasteiger partial charge in [-0.25, -0.2) is 4.39 Å². The second-order valence-corrected chi connectivity index (χ2v) is 12.0. The minimum Gasteiger partial charge on any atom is -0.503 e. The first-order chi connectivity index (χ1) is 21.4. The van der Waals surface area contributed by atoms with E-state index in [-0.39, 0.29) is 22.3 Å². The van der Waals surface area contributed by atoms with Crippen molar-refractivity contribution in [2.75, 3.05) is 18.6 Å². The first-order valence-corrected chi connectivity index (χ1v) is 15.5. The van der Waals surface area contributed by atoms with Gasteiger partial charge >= 0.3 is 0 Å². The van der Waals surface area contributed by atoms with Crippen LogP contribution < -0.4 is 14.4 Å². The number of ether oxygens (including phenoxy) is 2. The number of thioether (sulfide) groups is 1. The molecule has 3 aromatic carbocycles. The van der Waals surface area contributed by atoms with Gasteiger partial charge in [-0.05, 0) is 53.9 Å². The second-order valence-electron chi connectivity index (χ2n) is 9.84. The monoisotopic (exact) mass is 631 g/mol. The summed E-state index contributed by atoms with van der Waals surface area (Å²) in [4.78, 5) is 28.9. The Morgan fingerprint density at radius 2 is 1.89 bits per heavy atom. The predicted octanol–water partition coefficient (Wildman–Crippen LogP) is 7.30. The van der Waals surface area contributed by atoms with Gasteiger partial charge in [-0.15, -0.1) is 10.2 Å². The zero-order valence-corrected chi connectivity index (χ0v) is 25.3. The number of rotatable bonds is 11. The number of ketones is 1. The molecule has 9 nitrogen and oxygen atoms in total. The Labute approximate surface area is 259 Å². The maximum absolute atomic E-state index is 14.0. The SMILES string of the molecule is CCCOc1ccc(C2C(C(=O)c3cc4cccc(OC)c4o3)=C(O)C(=O)N2c2nnc(SCc3ccc(F)cc3)s2)cc1. The zero-order chi connectivity index (χ0) is 30.8. The summed E-state index contributed by atoms with van der Waals surface area (Å²) in [7, 11) is 1.50. The lowest BCUT2D eigenvalue weighted by atomic mass is 9.95. The fraction of sp³-hybridized carbons (Fsp3) is 0.188. The highest BCUT2D eigenvalue weighted by atomic mass is 32.2. The van der Waals surface area contributed by atoms with Crippen LogP contribution in [0.15, 0.2) is 92.9 Å². The smallest absolute Gasteiger partial charge is 0.296 e. The molecule has 2 aromatic heterocycles. The minimum absolute atomic E-state index is 0.0543. The number of benzene rings is 3. The van der Waals surface area contributed by atoms with Crippen molar-refractivity contribution in [1.29, 1.82) is 0 Å². The van der Waals surface area contributed by atoms with E-state index >= 15 is 0 Å². The largest absolute Gasteiger partial charge is 0.503 e. The number of anilines is 1. The lowest BCUT2D eigenvalue weighted by molar-refractivity contribution is -0.117. The van der Waals surface area contributed by atoms with Gasteiger partial charge < -0.3 is 19.0 Å². The molecule has 5 aromatic rings. The number of nitrogens with zero attached hydrogens (tertiary/aromatic N) is 3. The van der Waals surface area contributed by atoms with Crippen LogP contribution in [0.2, 0.25) is 0 Å². The van der Waals surface area contributed by atoms with Crippen LogP contribution in [-0.4, -0.2) is 40.7 Å². The lowest BCUT2D eigenvalue weighted by Crippen LogP contribution is -2.31. The Bertz CT molecular complexity index is 1870. The normalized spacial score (nSPS) is 14.9. The molecule has 1 N–H and O–H groups in total. The van der Waals surface area contributed by atoms with Gasteiger partial charge in [0, 0.05) is 11.1 Å². The van der Waals surface area contributed by atoms with Gasteiger partial charge in [0.05, 0.1) is 25.3 Å². The number of methoxy groups -OCH3 is 1.